The SMILES string of the molecule is NC(=O)CCCCNCc1ccn(C2CCCCC2)n1. The largest absolute Gasteiger partial charge is 0.370 e. The average molecular weight is 278 g/mol. The van der Waals surface area contributed by atoms with E-state index in [4.69, 9.17) is 5.73 Å². The van der Waals surface area contributed by atoms with E-state index < -0.39 is 0 Å². The van der Waals surface area contributed by atoms with Gasteiger partial charge in [-0.2, -0.15) is 5.10 Å². The molecule has 1 saturated carbocycles. The Labute approximate surface area is 120 Å². The summed E-state index contributed by atoms with van der Waals surface area (Å²) >= 11 is 0. The Balaban J connectivity index is 1.64. The molecule has 112 valence electrons. The van der Waals surface area contributed by atoms with Gasteiger partial charge in [-0.3, -0.25) is 9.48 Å². The van der Waals surface area contributed by atoms with Crippen LogP contribution in [0.1, 0.15) is 63.1 Å². The zero-order chi connectivity index (χ0) is 14.2. The molecule has 1 fully saturated rings. The van der Waals surface area contributed by atoms with Crippen molar-refractivity contribution in [3.05, 3.63) is 18.0 Å². The number of carbonyl (C=O) groups excluding carboxylic acids is 1. The molecule has 1 aliphatic carbocycles. The van der Waals surface area contributed by atoms with E-state index in [1.807, 2.05) is 0 Å². The molecule has 1 amide bonds. The molecule has 0 bridgehead atoms. The van der Waals surface area contributed by atoms with Crippen LogP contribution in [0.25, 0.3) is 0 Å². The van der Waals surface area contributed by atoms with E-state index in [1.165, 1.54) is 32.1 Å². The van der Waals surface area contributed by atoms with Gasteiger partial charge in [-0.15, -0.1) is 0 Å². The third-order valence-electron chi connectivity index (χ3n) is 3.95. The number of hydrogen-bond donors (Lipinski definition) is 2. The fourth-order valence-corrected chi connectivity index (χ4v) is 2.79. The lowest BCUT2D eigenvalue weighted by atomic mass is 9.96. The maximum absolute atomic E-state index is 10.6. The van der Waals surface area contributed by atoms with Gasteiger partial charge in [0, 0.05) is 19.2 Å². The molecule has 5 nitrogen and oxygen atoms in total. The minimum atomic E-state index is -0.212. The van der Waals surface area contributed by atoms with Crippen molar-refractivity contribution in [2.24, 2.45) is 5.73 Å². The summed E-state index contributed by atoms with van der Waals surface area (Å²) in [5.74, 6) is -0.212. The molecule has 0 unspecified atom stereocenters. The van der Waals surface area contributed by atoms with Crippen molar-refractivity contribution in [3.63, 3.8) is 0 Å². The van der Waals surface area contributed by atoms with Crippen LogP contribution in [0.5, 0.6) is 0 Å². The van der Waals surface area contributed by atoms with Crippen LogP contribution in [0.3, 0.4) is 0 Å². The lowest BCUT2D eigenvalue weighted by Crippen LogP contribution is -2.17. The van der Waals surface area contributed by atoms with Crippen LogP contribution in [-0.2, 0) is 11.3 Å². The van der Waals surface area contributed by atoms with Gasteiger partial charge in [0.05, 0.1) is 11.7 Å². The van der Waals surface area contributed by atoms with Crippen LogP contribution in [0.4, 0.5) is 0 Å². The highest BCUT2D eigenvalue weighted by atomic mass is 16.1. The summed E-state index contributed by atoms with van der Waals surface area (Å²) in [6.45, 7) is 1.71. The van der Waals surface area contributed by atoms with Gasteiger partial charge in [0.1, 0.15) is 0 Å². The molecule has 5 heteroatoms. The van der Waals surface area contributed by atoms with E-state index in [2.05, 4.69) is 27.4 Å². The average Bonchev–Trinajstić information content (AvgIpc) is 2.92. The molecule has 1 aromatic heterocycles. The standard InChI is InChI=1S/C15H26N4O/c16-15(20)8-4-5-10-17-12-13-9-11-19(18-13)14-6-2-1-3-7-14/h9,11,14,17H,1-8,10,12H2,(H2,16,20). The maximum Gasteiger partial charge on any atom is 0.217 e. The molecule has 0 aromatic carbocycles. The Morgan fingerprint density at radius 2 is 2.15 bits per heavy atom. The van der Waals surface area contributed by atoms with E-state index in [0.29, 0.717) is 12.5 Å². The van der Waals surface area contributed by atoms with Crippen LogP contribution in [0, 0.1) is 0 Å². The van der Waals surface area contributed by atoms with E-state index in [9.17, 15) is 4.79 Å². The fraction of sp³-hybridized carbons (Fsp3) is 0.733. The van der Waals surface area contributed by atoms with Crippen molar-refractivity contribution >= 4 is 5.91 Å². The molecule has 2 rings (SSSR count). The molecule has 1 aromatic rings. The van der Waals surface area contributed by atoms with Gasteiger partial charge in [-0.05, 0) is 38.3 Å². The summed E-state index contributed by atoms with van der Waals surface area (Å²) in [5.41, 5.74) is 6.20. The number of aromatic nitrogens is 2. The monoisotopic (exact) mass is 278 g/mol. The molecule has 1 aliphatic rings. The van der Waals surface area contributed by atoms with Gasteiger partial charge in [0.2, 0.25) is 5.91 Å². The first kappa shape index (κ1) is 15.0. The van der Waals surface area contributed by atoms with Gasteiger partial charge >= 0.3 is 0 Å². The van der Waals surface area contributed by atoms with Crippen LogP contribution in [0.2, 0.25) is 0 Å². The lowest BCUT2D eigenvalue weighted by molar-refractivity contribution is -0.118. The first-order chi connectivity index (χ1) is 9.75. The number of amides is 1. The lowest BCUT2D eigenvalue weighted by Gasteiger charge is -2.21. The number of carbonyl (C=O) groups is 1. The molecule has 0 aliphatic heterocycles. The molecule has 0 atom stereocenters. The van der Waals surface area contributed by atoms with E-state index in [0.717, 1.165) is 31.6 Å². The second kappa shape index (κ2) is 8.04. The summed E-state index contributed by atoms with van der Waals surface area (Å²) < 4.78 is 2.14. The molecular formula is C15H26N4O. The van der Waals surface area contributed by atoms with E-state index in [1.54, 1.807) is 0 Å². The normalized spacial score (nSPS) is 16.4. The smallest absolute Gasteiger partial charge is 0.217 e. The summed E-state index contributed by atoms with van der Waals surface area (Å²) in [6, 6.07) is 2.71. The van der Waals surface area contributed by atoms with Gasteiger partial charge < -0.3 is 11.1 Å². The molecule has 20 heavy (non-hydrogen) atoms. The van der Waals surface area contributed by atoms with E-state index >= 15 is 0 Å². The number of nitrogens with two attached hydrogens (primary N) is 1. The van der Waals surface area contributed by atoms with Crippen molar-refractivity contribution < 1.29 is 4.79 Å². The van der Waals surface area contributed by atoms with E-state index in [-0.39, 0.29) is 5.91 Å². The van der Waals surface area contributed by atoms with Gasteiger partial charge in [0.15, 0.2) is 0 Å². The van der Waals surface area contributed by atoms with Crippen molar-refractivity contribution in [2.75, 3.05) is 6.54 Å². The summed E-state index contributed by atoms with van der Waals surface area (Å²) in [7, 11) is 0. The first-order valence-electron chi connectivity index (χ1n) is 7.79. The molecule has 0 radical (unpaired) electrons. The molecular weight excluding hydrogens is 252 g/mol. The number of nitrogens with zero attached hydrogens (tertiary/aromatic N) is 2. The topological polar surface area (TPSA) is 72.9 Å². The van der Waals surface area contributed by atoms with Gasteiger partial charge in [0.25, 0.3) is 0 Å². The fourth-order valence-electron chi connectivity index (χ4n) is 2.79. The molecule has 0 saturated heterocycles. The third kappa shape index (κ3) is 4.96. The minimum Gasteiger partial charge on any atom is -0.370 e. The van der Waals surface area contributed by atoms with Gasteiger partial charge in [-0.25, -0.2) is 0 Å². The zero-order valence-corrected chi connectivity index (χ0v) is 12.2. The number of rotatable bonds is 8. The predicted octanol–water partition coefficient (Wildman–Crippen LogP) is 2.13. The number of nitrogens with one attached hydrogen (secondary N) is 1. The van der Waals surface area contributed by atoms with Crippen LogP contribution in [0.15, 0.2) is 12.3 Å². The quantitative estimate of drug-likeness (QED) is 0.715. The molecule has 0 spiro atoms. The van der Waals surface area contributed by atoms with Crippen molar-refractivity contribution in [1.29, 1.82) is 0 Å². The highest BCUT2D eigenvalue weighted by Crippen LogP contribution is 2.27. The minimum absolute atomic E-state index is 0.212. The van der Waals surface area contributed by atoms with Crippen LogP contribution >= 0.6 is 0 Å². The Kier molecular flexibility index (Phi) is 6.05. The second-order valence-electron chi connectivity index (χ2n) is 5.68. The molecule has 1 heterocycles. The Bertz CT molecular complexity index is 410. The van der Waals surface area contributed by atoms with Crippen molar-refractivity contribution in [3.8, 4) is 0 Å². The third-order valence-corrected chi connectivity index (χ3v) is 3.95. The Morgan fingerprint density at radius 1 is 1.35 bits per heavy atom. The summed E-state index contributed by atoms with van der Waals surface area (Å²) in [4.78, 5) is 10.6. The van der Waals surface area contributed by atoms with Crippen molar-refractivity contribution in [2.45, 2.75) is 64.0 Å². The summed E-state index contributed by atoms with van der Waals surface area (Å²) in [5, 5.41) is 8.02. The number of primary amides is 1. The zero-order valence-electron chi connectivity index (χ0n) is 12.2. The first-order valence-corrected chi connectivity index (χ1v) is 7.79. The maximum atomic E-state index is 10.6. The van der Waals surface area contributed by atoms with Gasteiger partial charge in [-0.1, -0.05) is 19.3 Å². The molecule has 3 N–H and O–H groups in total. The number of unbranched alkanes of at least 4 members (excludes halogenated alkanes) is 1. The second-order valence-corrected chi connectivity index (χ2v) is 5.68. The Hall–Kier alpha value is -1.36. The predicted molar refractivity (Wildman–Crippen MR) is 79.1 cm³/mol. The highest BCUT2D eigenvalue weighted by Gasteiger charge is 2.15. The Morgan fingerprint density at radius 3 is 2.90 bits per heavy atom. The number of hydrogen-bond acceptors (Lipinski definition) is 3. The van der Waals surface area contributed by atoms with Crippen LogP contribution < -0.4 is 11.1 Å². The highest BCUT2D eigenvalue weighted by molar-refractivity contribution is 5.73. The van der Waals surface area contributed by atoms with Crippen LogP contribution in [-0.4, -0.2) is 22.2 Å². The van der Waals surface area contributed by atoms with Crippen molar-refractivity contribution in [1.82, 2.24) is 15.1 Å². The summed E-state index contributed by atoms with van der Waals surface area (Å²) in [6.07, 6.45) is 11.0.